The largest absolute Gasteiger partial charge is 0.444 e. The number of carbonyl (C=O) groups is 3. The van der Waals surface area contributed by atoms with Gasteiger partial charge in [0.05, 0.1) is 11.0 Å². The number of aryl methyl sites for hydroxylation is 1. The van der Waals surface area contributed by atoms with Gasteiger partial charge in [0.2, 0.25) is 11.8 Å². The number of rotatable bonds is 3. The Morgan fingerprint density at radius 1 is 1.12 bits per heavy atom. The number of imide groups is 1. The second kappa shape index (κ2) is 8.53. The average molecular weight is 455 g/mol. The Bertz CT molecular complexity index is 1210. The number of ether oxygens (including phenoxy) is 1. The first kappa shape index (κ1) is 22.8. The quantitative estimate of drug-likeness (QED) is 0.693. The molecule has 0 radical (unpaired) electrons. The van der Waals surface area contributed by atoms with Gasteiger partial charge in [0.15, 0.2) is 0 Å². The van der Waals surface area contributed by atoms with E-state index < -0.39 is 23.6 Å². The summed E-state index contributed by atoms with van der Waals surface area (Å²) in [4.78, 5) is 48.8. The summed E-state index contributed by atoms with van der Waals surface area (Å²) in [7, 11) is 1.69. The van der Waals surface area contributed by atoms with Crippen molar-refractivity contribution < 1.29 is 19.1 Å². The first-order valence-electron chi connectivity index (χ1n) is 11.3. The molecule has 2 aliphatic rings. The summed E-state index contributed by atoms with van der Waals surface area (Å²) in [5.74, 6) is -0.751. The topological polar surface area (TPSA) is 111 Å². The van der Waals surface area contributed by atoms with Crippen molar-refractivity contribution in [1.29, 1.82) is 0 Å². The second-order valence-corrected chi connectivity index (χ2v) is 9.73. The first-order chi connectivity index (χ1) is 15.5. The molecule has 1 aromatic heterocycles. The van der Waals surface area contributed by atoms with Crippen molar-refractivity contribution in [1.82, 2.24) is 19.8 Å². The van der Waals surface area contributed by atoms with Crippen LogP contribution in [-0.2, 0) is 21.4 Å². The minimum atomic E-state index is -0.696. The number of alkyl carbamates (subject to hydrolysis) is 1. The van der Waals surface area contributed by atoms with Gasteiger partial charge in [-0.2, -0.15) is 0 Å². The third-order valence-corrected chi connectivity index (χ3v) is 6.11. The van der Waals surface area contributed by atoms with E-state index in [2.05, 4.69) is 16.7 Å². The van der Waals surface area contributed by atoms with Gasteiger partial charge in [0.25, 0.3) is 0 Å². The van der Waals surface area contributed by atoms with Crippen LogP contribution in [0.4, 0.5) is 4.79 Å². The molecule has 2 atom stereocenters. The maximum absolute atomic E-state index is 12.9. The molecule has 1 fully saturated rings. The summed E-state index contributed by atoms with van der Waals surface area (Å²) in [6, 6.07) is 5.11. The number of fused-ring (bicyclic) bond motifs is 1. The van der Waals surface area contributed by atoms with Gasteiger partial charge in [0.1, 0.15) is 11.6 Å². The lowest BCUT2D eigenvalue weighted by atomic mass is 9.90. The molecular weight excluding hydrogens is 424 g/mol. The van der Waals surface area contributed by atoms with Crippen molar-refractivity contribution in [3.63, 3.8) is 0 Å². The van der Waals surface area contributed by atoms with Gasteiger partial charge in [-0.1, -0.05) is 12.1 Å². The molecule has 0 bridgehead atoms. The fourth-order valence-electron chi connectivity index (χ4n) is 4.49. The maximum Gasteiger partial charge on any atom is 0.407 e. The predicted molar refractivity (Wildman–Crippen MR) is 124 cm³/mol. The summed E-state index contributed by atoms with van der Waals surface area (Å²) in [6.07, 6.45) is 4.50. The number of hydrogen-bond acceptors (Lipinski definition) is 5. The van der Waals surface area contributed by atoms with E-state index in [4.69, 9.17) is 4.74 Å². The van der Waals surface area contributed by atoms with Crippen molar-refractivity contribution >= 4 is 34.5 Å². The van der Waals surface area contributed by atoms with Crippen LogP contribution in [-0.4, -0.2) is 38.7 Å². The molecule has 1 aliphatic carbocycles. The predicted octanol–water partition coefficient (Wildman–Crippen LogP) is 2.78. The standard InChI is InChI=1S/C24H30N4O5/c1-24(2,3)33-22(31)25-16-8-5-14(6-9-16)15-7-10-17-19(13-15)27(4)23(32)28(17)18-11-12-20(29)26-21(18)30/h5,7,10,13,16,18H,6,8-9,11-12H2,1-4H3,(H,25,31)(H,26,29,30). The molecule has 3 amide bonds. The van der Waals surface area contributed by atoms with Crippen LogP contribution < -0.4 is 16.3 Å². The highest BCUT2D eigenvalue weighted by molar-refractivity contribution is 6.00. The van der Waals surface area contributed by atoms with Gasteiger partial charge >= 0.3 is 11.8 Å². The Morgan fingerprint density at radius 2 is 1.88 bits per heavy atom. The Balaban J connectivity index is 1.55. The zero-order valence-electron chi connectivity index (χ0n) is 19.4. The lowest BCUT2D eigenvalue weighted by Gasteiger charge is -2.26. The van der Waals surface area contributed by atoms with Gasteiger partial charge in [-0.3, -0.25) is 24.0 Å². The number of nitrogens with one attached hydrogen (secondary N) is 2. The van der Waals surface area contributed by atoms with Crippen LogP contribution in [0.25, 0.3) is 16.6 Å². The molecule has 33 heavy (non-hydrogen) atoms. The molecule has 2 unspecified atom stereocenters. The Kier molecular flexibility index (Phi) is 5.90. The van der Waals surface area contributed by atoms with Crippen LogP contribution in [0.1, 0.15) is 64.5 Å². The Morgan fingerprint density at radius 3 is 2.52 bits per heavy atom. The highest BCUT2D eigenvalue weighted by atomic mass is 16.6. The molecule has 0 saturated carbocycles. The molecule has 1 aliphatic heterocycles. The Labute approximate surface area is 191 Å². The third kappa shape index (κ3) is 4.72. The highest BCUT2D eigenvalue weighted by Crippen LogP contribution is 2.30. The zero-order valence-corrected chi connectivity index (χ0v) is 19.4. The smallest absolute Gasteiger partial charge is 0.407 e. The number of imidazole rings is 1. The van der Waals surface area contributed by atoms with E-state index >= 15 is 0 Å². The van der Waals surface area contributed by atoms with Gasteiger partial charge in [0, 0.05) is 19.5 Å². The zero-order chi connectivity index (χ0) is 23.9. The van der Waals surface area contributed by atoms with E-state index in [-0.39, 0.29) is 24.1 Å². The number of amides is 3. The molecule has 2 heterocycles. The van der Waals surface area contributed by atoms with Crippen LogP contribution in [0.5, 0.6) is 0 Å². The van der Waals surface area contributed by atoms with E-state index in [1.807, 2.05) is 39.0 Å². The normalized spacial score (nSPS) is 21.5. The number of allylic oxidation sites excluding steroid dienone is 1. The van der Waals surface area contributed by atoms with Crippen molar-refractivity contribution in [3.05, 3.63) is 40.3 Å². The number of aromatic nitrogens is 2. The minimum Gasteiger partial charge on any atom is -0.444 e. The third-order valence-electron chi connectivity index (χ3n) is 6.11. The van der Waals surface area contributed by atoms with Crippen molar-refractivity contribution in [2.75, 3.05) is 0 Å². The van der Waals surface area contributed by atoms with Crippen LogP contribution >= 0.6 is 0 Å². The van der Waals surface area contributed by atoms with E-state index in [1.165, 1.54) is 4.57 Å². The van der Waals surface area contributed by atoms with Crippen molar-refractivity contribution in [2.45, 2.75) is 70.6 Å². The molecule has 1 aromatic carbocycles. The Hall–Kier alpha value is -3.36. The number of carbonyl (C=O) groups excluding carboxylic acids is 3. The van der Waals surface area contributed by atoms with Crippen LogP contribution in [0.2, 0.25) is 0 Å². The van der Waals surface area contributed by atoms with E-state index in [0.717, 1.165) is 29.5 Å². The summed E-state index contributed by atoms with van der Waals surface area (Å²) in [5.41, 5.74) is 2.75. The lowest BCUT2D eigenvalue weighted by molar-refractivity contribution is -0.135. The fourth-order valence-corrected chi connectivity index (χ4v) is 4.49. The second-order valence-electron chi connectivity index (χ2n) is 9.73. The van der Waals surface area contributed by atoms with Gasteiger partial charge in [-0.15, -0.1) is 0 Å². The average Bonchev–Trinajstić information content (AvgIpc) is 2.97. The van der Waals surface area contributed by atoms with Gasteiger partial charge < -0.3 is 10.1 Å². The highest BCUT2D eigenvalue weighted by Gasteiger charge is 2.31. The molecule has 9 nitrogen and oxygen atoms in total. The van der Waals surface area contributed by atoms with Gasteiger partial charge in [-0.25, -0.2) is 9.59 Å². The molecular formula is C24H30N4O5. The van der Waals surface area contributed by atoms with E-state index in [9.17, 15) is 19.2 Å². The monoisotopic (exact) mass is 454 g/mol. The minimum absolute atomic E-state index is 0.0188. The van der Waals surface area contributed by atoms with E-state index in [0.29, 0.717) is 18.4 Å². The SMILES string of the molecule is Cn1c(=O)n(C2CCC(=O)NC2=O)c2ccc(C3=CCC(NC(=O)OC(C)(C)C)CC3)cc21. The number of piperidine rings is 1. The number of nitrogens with zero attached hydrogens (tertiary/aromatic N) is 2. The molecule has 1 saturated heterocycles. The lowest BCUT2D eigenvalue weighted by Crippen LogP contribution is -2.44. The van der Waals surface area contributed by atoms with Gasteiger partial charge in [-0.05, 0) is 69.7 Å². The molecule has 176 valence electrons. The van der Waals surface area contributed by atoms with Crippen LogP contribution in [0.15, 0.2) is 29.1 Å². The summed E-state index contributed by atoms with van der Waals surface area (Å²) >= 11 is 0. The summed E-state index contributed by atoms with van der Waals surface area (Å²) < 4.78 is 8.36. The van der Waals surface area contributed by atoms with E-state index in [1.54, 1.807) is 11.6 Å². The summed E-state index contributed by atoms with van der Waals surface area (Å²) in [6.45, 7) is 5.51. The summed E-state index contributed by atoms with van der Waals surface area (Å²) in [5, 5.41) is 5.25. The number of benzene rings is 1. The van der Waals surface area contributed by atoms with Crippen molar-refractivity contribution in [2.24, 2.45) is 7.05 Å². The molecule has 9 heteroatoms. The van der Waals surface area contributed by atoms with Crippen LogP contribution in [0.3, 0.4) is 0 Å². The fraction of sp³-hybridized carbons (Fsp3) is 0.500. The number of hydrogen-bond donors (Lipinski definition) is 2. The van der Waals surface area contributed by atoms with Crippen LogP contribution in [0, 0.1) is 0 Å². The molecule has 2 aromatic rings. The molecule has 4 rings (SSSR count). The maximum atomic E-state index is 12.9. The van der Waals surface area contributed by atoms with Crippen molar-refractivity contribution in [3.8, 4) is 0 Å². The molecule has 2 N–H and O–H groups in total. The molecule has 0 spiro atoms. The first-order valence-corrected chi connectivity index (χ1v) is 11.3.